The van der Waals surface area contributed by atoms with Crippen molar-refractivity contribution in [2.75, 3.05) is 6.61 Å². The summed E-state index contributed by atoms with van der Waals surface area (Å²) in [5.41, 5.74) is 0.482. The molecular formula is C18H15Cl2NO4. The molecule has 1 aliphatic carbocycles. The van der Waals surface area contributed by atoms with Crippen molar-refractivity contribution in [1.29, 1.82) is 0 Å². The van der Waals surface area contributed by atoms with Crippen LogP contribution in [0.5, 0.6) is 5.75 Å². The summed E-state index contributed by atoms with van der Waals surface area (Å²) in [5, 5.41) is 13.0. The number of halogens is 2. The summed E-state index contributed by atoms with van der Waals surface area (Å²) in [5.74, 6) is -1.34. The van der Waals surface area contributed by atoms with Crippen LogP contribution in [0.25, 0.3) is 0 Å². The number of carbonyl (C=O) groups excluding carboxylic acids is 1. The number of hydrogen-bond donors (Lipinski definition) is 2. The third-order valence-electron chi connectivity index (χ3n) is 4.14. The SMILES string of the molecule is O=C(COc1cc(Cl)ccc1Cl)NC1(C(=O)O)Cc2ccccc2C1. The van der Waals surface area contributed by atoms with Gasteiger partial charge < -0.3 is 15.2 Å². The number of ether oxygens (including phenoxy) is 1. The van der Waals surface area contributed by atoms with Gasteiger partial charge in [0.1, 0.15) is 11.3 Å². The molecule has 2 aromatic carbocycles. The lowest BCUT2D eigenvalue weighted by Gasteiger charge is -2.25. The molecule has 2 N–H and O–H groups in total. The average molecular weight is 380 g/mol. The molecule has 1 aliphatic rings. The number of benzene rings is 2. The van der Waals surface area contributed by atoms with E-state index in [1.54, 1.807) is 12.1 Å². The summed E-state index contributed by atoms with van der Waals surface area (Å²) in [6.45, 7) is -0.356. The van der Waals surface area contributed by atoms with Crippen molar-refractivity contribution in [3.05, 3.63) is 63.6 Å². The fourth-order valence-corrected chi connectivity index (χ4v) is 3.28. The van der Waals surface area contributed by atoms with E-state index in [-0.39, 0.29) is 25.2 Å². The topological polar surface area (TPSA) is 75.6 Å². The molecule has 0 spiro atoms. The van der Waals surface area contributed by atoms with Gasteiger partial charge in [-0.05, 0) is 23.3 Å². The first kappa shape index (κ1) is 17.6. The maximum absolute atomic E-state index is 12.3. The van der Waals surface area contributed by atoms with Crippen LogP contribution in [0.15, 0.2) is 42.5 Å². The van der Waals surface area contributed by atoms with Gasteiger partial charge in [-0.3, -0.25) is 4.79 Å². The third kappa shape index (κ3) is 3.72. The minimum Gasteiger partial charge on any atom is -0.482 e. The van der Waals surface area contributed by atoms with E-state index in [2.05, 4.69) is 5.32 Å². The van der Waals surface area contributed by atoms with Crippen LogP contribution in [0.2, 0.25) is 10.0 Å². The molecule has 0 radical (unpaired) electrons. The Balaban J connectivity index is 1.69. The van der Waals surface area contributed by atoms with Crippen molar-refractivity contribution < 1.29 is 19.4 Å². The number of hydrogen-bond acceptors (Lipinski definition) is 3. The smallest absolute Gasteiger partial charge is 0.330 e. The zero-order valence-electron chi connectivity index (χ0n) is 13.1. The molecule has 0 unspecified atom stereocenters. The largest absolute Gasteiger partial charge is 0.482 e. The van der Waals surface area contributed by atoms with E-state index in [4.69, 9.17) is 27.9 Å². The van der Waals surface area contributed by atoms with Gasteiger partial charge in [-0.25, -0.2) is 4.79 Å². The molecule has 0 heterocycles. The van der Waals surface area contributed by atoms with Crippen LogP contribution in [-0.4, -0.2) is 29.1 Å². The van der Waals surface area contributed by atoms with Crippen molar-refractivity contribution in [2.24, 2.45) is 0 Å². The normalized spacial score (nSPS) is 14.6. The van der Waals surface area contributed by atoms with Crippen molar-refractivity contribution in [3.63, 3.8) is 0 Å². The zero-order valence-corrected chi connectivity index (χ0v) is 14.6. The van der Waals surface area contributed by atoms with Crippen LogP contribution in [0.3, 0.4) is 0 Å². The van der Waals surface area contributed by atoms with Gasteiger partial charge in [-0.15, -0.1) is 0 Å². The highest BCUT2D eigenvalue weighted by atomic mass is 35.5. The van der Waals surface area contributed by atoms with Gasteiger partial charge in [0.15, 0.2) is 6.61 Å². The summed E-state index contributed by atoms with van der Waals surface area (Å²) in [7, 11) is 0. The van der Waals surface area contributed by atoms with E-state index in [0.717, 1.165) is 11.1 Å². The van der Waals surface area contributed by atoms with Crippen molar-refractivity contribution in [2.45, 2.75) is 18.4 Å². The maximum Gasteiger partial charge on any atom is 0.330 e. The molecule has 3 rings (SSSR count). The minimum atomic E-state index is -1.36. The average Bonchev–Trinajstić information content (AvgIpc) is 2.95. The van der Waals surface area contributed by atoms with Gasteiger partial charge in [0.25, 0.3) is 5.91 Å². The molecule has 0 saturated heterocycles. The molecule has 130 valence electrons. The molecule has 0 bridgehead atoms. The van der Waals surface area contributed by atoms with E-state index in [1.807, 2.05) is 24.3 Å². The molecule has 5 nitrogen and oxygen atoms in total. The summed E-state index contributed by atoms with van der Waals surface area (Å²) in [4.78, 5) is 24.1. The van der Waals surface area contributed by atoms with Gasteiger partial charge in [0, 0.05) is 23.9 Å². The highest BCUT2D eigenvalue weighted by Crippen LogP contribution is 2.31. The van der Waals surface area contributed by atoms with Crippen molar-refractivity contribution in [1.82, 2.24) is 5.32 Å². The van der Waals surface area contributed by atoms with Crippen LogP contribution in [0.1, 0.15) is 11.1 Å². The van der Waals surface area contributed by atoms with Crippen molar-refractivity contribution >= 4 is 35.1 Å². The standard InChI is InChI=1S/C18H15Cl2NO4/c19-13-5-6-14(20)15(7-13)25-10-16(22)21-18(17(23)24)8-11-3-1-2-4-12(11)9-18/h1-7H,8-10H2,(H,21,22)(H,23,24). The minimum absolute atomic E-state index is 0.238. The van der Waals surface area contributed by atoms with Gasteiger partial charge in [-0.1, -0.05) is 47.5 Å². The number of carboxylic acid groups (broad SMARTS) is 1. The molecule has 0 aliphatic heterocycles. The summed E-state index contributed by atoms with van der Waals surface area (Å²) >= 11 is 11.8. The number of carbonyl (C=O) groups is 2. The predicted octanol–water partition coefficient (Wildman–Crippen LogP) is 3.11. The molecule has 0 fully saturated rings. The van der Waals surface area contributed by atoms with E-state index in [1.165, 1.54) is 6.07 Å². The third-order valence-corrected chi connectivity index (χ3v) is 4.69. The maximum atomic E-state index is 12.3. The van der Waals surface area contributed by atoms with Crippen molar-refractivity contribution in [3.8, 4) is 5.75 Å². The van der Waals surface area contributed by atoms with Gasteiger partial charge in [0.05, 0.1) is 5.02 Å². The highest BCUT2D eigenvalue weighted by Gasteiger charge is 2.45. The Labute approximate surface area is 154 Å². The predicted molar refractivity (Wildman–Crippen MR) is 94.3 cm³/mol. The Hall–Kier alpha value is -2.24. The van der Waals surface area contributed by atoms with Gasteiger partial charge >= 0.3 is 5.97 Å². The quantitative estimate of drug-likeness (QED) is 0.836. The number of nitrogens with one attached hydrogen (secondary N) is 1. The van der Waals surface area contributed by atoms with Gasteiger partial charge in [-0.2, -0.15) is 0 Å². The number of rotatable bonds is 5. The Morgan fingerprint density at radius 3 is 2.36 bits per heavy atom. The monoisotopic (exact) mass is 379 g/mol. The first-order valence-corrected chi connectivity index (χ1v) is 8.34. The zero-order chi connectivity index (χ0) is 18.0. The first-order chi connectivity index (χ1) is 11.9. The van der Waals surface area contributed by atoms with Crippen LogP contribution in [-0.2, 0) is 22.4 Å². The second-order valence-corrected chi connectivity index (χ2v) is 6.76. The Morgan fingerprint density at radius 1 is 1.12 bits per heavy atom. The number of carboxylic acids is 1. The second-order valence-electron chi connectivity index (χ2n) is 5.92. The molecule has 1 amide bonds. The molecule has 0 saturated carbocycles. The van der Waals surface area contributed by atoms with Crippen LogP contribution < -0.4 is 10.1 Å². The lowest BCUT2D eigenvalue weighted by Crippen LogP contribution is -2.56. The van der Waals surface area contributed by atoms with E-state index in [0.29, 0.717) is 10.0 Å². The fraction of sp³-hybridized carbons (Fsp3) is 0.222. The Morgan fingerprint density at radius 2 is 1.76 bits per heavy atom. The molecule has 0 atom stereocenters. The van der Waals surface area contributed by atoms with Crippen LogP contribution >= 0.6 is 23.2 Å². The van der Waals surface area contributed by atoms with Crippen LogP contribution in [0, 0.1) is 0 Å². The highest BCUT2D eigenvalue weighted by molar-refractivity contribution is 6.34. The van der Waals surface area contributed by atoms with Gasteiger partial charge in [0.2, 0.25) is 0 Å². The van der Waals surface area contributed by atoms with E-state index >= 15 is 0 Å². The summed E-state index contributed by atoms with van der Waals surface area (Å²) < 4.78 is 5.37. The first-order valence-electron chi connectivity index (χ1n) is 7.59. The molecule has 25 heavy (non-hydrogen) atoms. The Bertz CT molecular complexity index is 813. The lowest BCUT2D eigenvalue weighted by molar-refractivity contribution is -0.147. The number of amides is 1. The van der Waals surface area contributed by atoms with E-state index in [9.17, 15) is 14.7 Å². The molecular weight excluding hydrogens is 365 g/mol. The van der Waals surface area contributed by atoms with E-state index < -0.39 is 17.4 Å². The summed E-state index contributed by atoms with van der Waals surface area (Å²) in [6.07, 6.45) is 0.477. The lowest BCUT2D eigenvalue weighted by atomic mass is 9.96. The fourth-order valence-electron chi connectivity index (χ4n) is 2.94. The Kier molecular flexibility index (Phi) is 4.88. The number of aliphatic carboxylic acids is 1. The number of fused-ring (bicyclic) bond motifs is 1. The molecule has 2 aromatic rings. The van der Waals surface area contributed by atoms with Crippen LogP contribution in [0.4, 0.5) is 0 Å². The second kappa shape index (κ2) is 6.94. The molecule has 0 aromatic heterocycles. The summed E-state index contributed by atoms with van der Waals surface area (Å²) in [6, 6.07) is 12.1. The molecule has 7 heteroatoms.